The summed E-state index contributed by atoms with van der Waals surface area (Å²) in [6.45, 7) is 15.4. The SMILES string of the molecule is BrCc1ccccc1.C.Cc1cc(-c2cc(C)c(=O)n(C)c2)cc2c1N(Cc1ccccc1)C(=O)CC2.Cc1cc(Br)cc2c1CC(=O)CC2.Cc1cc(Br)cc2c1N(Cc1ccccc1)C(=O)CC2.Cc1cccc2c1CC(=O)CC2.Cc1ccccc1CC(=O)CCCl.Cc1ccccc1N.O=C(Cl)CCCl.[B]=NS.[Cl][Al]([Cl])[Cl]. The number of aryl methyl sites for hydroxylation is 12. The van der Waals surface area contributed by atoms with E-state index in [9.17, 15) is 33.6 Å². The molecule has 12 nitrogen and oxygen atoms in total. The number of carbonyl (C=O) groups is 6. The molecule has 2 amide bonds. The van der Waals surface area contributed by atoms with Gasteiger partial charge in [-0.15, -0.1) is 23.2 Å². The molecule has 0 atom stereocenters. The van der Waals surface area contributed by atoms with Crippen LogP contribution in [0.5, 0.6) is 0 Å². The Labute approximate surface area is 750 Å². The monoisotopic (exact) mass is 1900 g/mol. The number of Topliss-reactive ketones (excluding diaryl/α,β-unsaturated/α-hetero) is 3. The normalized spacial score (nSPS) is 12.3. The van der Waals surface area contributed by atoms with Crippen molar-refractivity contribution in [1.29, 1.82) is 0 Å². The molecule has 0 saturated carbocycles. The van der Waals surface area contributed by atoms with Crippen LogP contribution in [-0.2, 0) is 99.2 Å². The standard InChI is InChI=1S/C24H24N2O2.C17H16BrNO.C11H11BrO.C11H13ClO.C11H12O.C7H7Br.C7H9N.C3H4Cl2O.CH4.Al.BHNS.3ClH/c1-16-11-20(21-12-17(2)24(28)25(3)15-21)13-19-9-10-22(27)26(23(16)19)14-18-7-5-4-6-8-18;1-12-9-15(18)10-14-7-8-16(20)19(17(12)14)11-13-5-3-2-4-6-13;1-7-4-9(12)5-8-2-3-10(13)6-11(7)8;1-9-4-2-3-5-10(9)8-11(13)6-7-12;1-8-3-2-4-9-5-6-10(12)7-11(8)9;8-6-7-4-2-1-3-5-7;1-6-4-2-3-5-7(6)8;4-2-1-3(5)6;;;1-2-3;;;/h4-8,11-13,15H,9-10,14H2,1-3H3;2-6,9-10H,7-8,11H2,1H3;4-5H,2-3,6H2,1H3;2-5H,6-8H2,1H3;2-4H,5-7H2,1H3;1-5H,6H2;2-5H,8H2,1H3;1-2H2;1H4;;3H;3*1H/q;;;;;;;;;+3;;;;/p-3. The van der Waals surface area contributed by atoms with Gasteiger partial charge in [0.05, 0.1) is 24.5 Å². The van der Waals surface area contributed by atoms with Gasteiger partial charge >= 0.3 is 36.1 Å². The number of thiol groups is 1. The molecule has 9 aromatic carbocycles. The van der Waals surface area contributed by atoms with Crippen LogP contribution in [0.1, 0.15) is 141 Å². The number of pyridine rings is 1. The first-order chi connectivity index (χ1) is 54.9. The Kier molecular flexibility index (Phi) is 47.7. The molecular formula is C92H101AlBBr3Cl6N5O7S. The number of halogens is 9. The van der Waals surface area contributed by atoms with Gasteiger partial charge in [0.2, 0.25) is 17.1 Å². The van der Waals surface area contributed by atoms with Gasteiger partial charge in [-0.1, -0.05) is 207 Å². The molecule has 116 heavy (non-hydrogen) atoms. The molecule has 10 aromatic rings. The number of nitrogens with zero attached hydrogens (tertiary/aromatic N) is 4. The minimum absolute atomic E-state index is 0. The number of carbonyl (C=O) groups excluding carboxylic acids is 6. The molecule has 0 saturated heterocycles. The number of rotatable bonds is 12. The minimum atomic E-state index is -1.72. The fourth-order valence-corrected chi connectivity index (χ4v) is 15.2. The molecular weight excluding hydrogens is 1810 g/mol. The Morgan fingerprint density at radius 2 is 0.905 bits per heavy atom. The van der Waals surface area contributed by atoms with Crippen molar-refractivity contribution >= 4 is 196 Å². The average Bonchev–Trinajstić information content (AvgIpc) is 0.775. The van der Waals surface area contributed by atoms with Crippen molar-refractivity contribution in [2.24, 2.45) is 11.3 Å². The molecule has 2 N–H and O–H groups in total. The summed E-state index contributed by atoms with van der Waals surface area (Å²) in [6.07, 6.45) is 10.4. The fourth-order valence-electron chi connectivity index (χ4n) is 13.0. The quantitative estimate of drug-likeness (QED) is 0.0400. The third kappa shape index (κ3) is 35.3. The minimum Gasteiger partial charge on any atom is -0.214 e. The van der Waals surface area contributed by atoms with Crippen molar-refractivity contribution in [3.63, 3.8) is 0 Å². The number of hydrogen-bond donors (Lipinski definition) is 2. The van der Waals surface area contributed by atoms with Crippen molar-refractivity contribution in [3.8, 4) is 11.1 Å². The van der Waals surface area contributed by atoms with Gasteiger partial charge in [-0.2, -0.15) is 0 Å². The van der Waals surface area contributed by atoms with Crippen LogP contribution in [0.4, 0.5) is 17.1 Å². The van der Waals surface area contributed by atoms with Crippen LogP contribution in [0.15, 0.2) is 224 Å². The molecule has 611 valence electrons. The number of alkyl halides is 3. The molecule has 2 aliphatic carbocycles. The van der Waals surface area contributed by atoms with E-state index < -0.39 is 11.4 Å². The second kappa shape index (κ2) is 54.5. The number of aromatic nitrogens is 1. The number of anilines is 3. The molecule has 1 radical (unpaired) electrons. The fraction of sp³-hybridized carbons (Fsp3) is 0.293. The Bertz CT molecular complexity index is 4890. The maximum atomic E-state index is 12.7. The Morgan fingerprint density at radius 1 is 0.491 bits per heavy atom. The summed E-state index contributed by atoms with van der Waals surface area (Å²) < 4.78 is 6.53. The molecule has 4 aliphatic rings. The van der Waals surface area contributed by atoms with E-state index in [0.717, 1.165) is 114 Å². The Morgan fingerprint density at radius 3 is 1.35 bits per heavy atom. The maximum Gasteiger partial charge on any atom is 0.643 e. The predicted molar refractivity (Wildman–Crippen MR) is 505 cm³/mol. The van der Waals surface area contributed by atoms with Crippen LogP contribution in [0, 0.1) is 48.5 Å². The van der Waals surface area contributed by atoms with Crippen molar-refractivity contribution in [1.82, 2.24) is 4.57 Å². The van der Waals surface area contributed by atoms with Gasteiger partial charge in [-0.25, -0.2) is 30.1 Å². The smallest absolute Gasteiger partial charge is 0.214 e. The van der Waals surface area contributed by atoms with E-state index in [1.54, 1.807) is 11.6 Å². The van der Waals surface area contributed by atoms with Crippen molar-refractivity contribution in [3.05, 3.63) is 320 Å². The van der Waals surface area contributed by atoms with E-state index in [1.165, 1.54) is 55.6 Å². The van der Waals surface area contributed by atoms with Crippen molar-refractivity contribution in [2.45, 2.75) is 158 Å². The van der Waals surface area contributed by atoms with Crippen LogP contribution < -0.4 is 21.1 Å². The summed E-state index contributed by atoms with van der Waals surface area (Å²) in [4.78, 5) is 84.3. The topological polar surface area (TPSA) is 169 Å². The zero-order valence-electron chi connectivity index (χ0n) is 66.1. The summed E-state index contributed by atoms with van der Waals surface area (Å²) >= 11 is 27.3. The molecule has 0 fully saturated rings. The van der Waals surface area contributed by atoms with Crippen LogP contribution in [-0.4, -0.2) is 69.8 Å². The van der Waals surface area contributed by atoms with Gasteiger partial charge < -0.3 is 20.1 Å². The summed E-state index contributed by atoms with van der Waals surface area (Å²) in [5.74, 6) is 2.10. The molecule has 24 heteroatoms. The Hall–Kier alpha value is -6.72. The largest absolute Gasteiger partial charge is 0.643 e. The van der Waals surface area contributed by atoms with E-state index in [2.05, 4.69) is 191 Å². The van der Waals surface area contributed by atoms with Gasteiger partial charge in [0.1, 0.15) is 17.3 Å². The zero-order chi connectivity index (χ0) is 84.7. The third-order valence-electron chi connectivity index (χ3n) is 18.8. The predicted octanol–water partition coefficient (Wildman–Crippen LogP) is 24.0. The van der Waals surface area contributed by atoms with Gasteiger partial charge in [-0.3, -0.25) is 33.6 Å². The second-order valence-corrected chi connectivity index (χ2v) is 37.7. The summed E-state index contributed by atoms with van der Waals surface area (Å²) in [7, 11) is 21.0. The molecule has 0 spiro atoms. The van der Waals surface area contributed by atoms with Crippen LogP contribution in [0.25, 0.3) is 11.1 Å². The van der Waals surface area contributed by atoms with E-state index in [-0.39, 0.29) is 42.2 Å². The summed E-state index contributed by atoms with van der Waals surface area (Å²) in [6, 6.07) is 67.2. The molecule has 0 bridgehead atoms. The van der Waals surface area contributed by atoms with E-state index in [1.807, 2.05) is 146 Å². The molecule has 2 aliphatic heterocycles. The number of fused-ring (bicyclic) bond motifs is 4. The zero-order valence-corrected chi connectivity index (χ0v) is 77.4. The van der Waals surface area contributed by atoms with Gasteiger partial charge in [0.25, 0.3) is 5.56 Å². The number of para-hydroxylation sites is 1. The van der Waals surface area contributed by atoms with E-state index in [4.69, 9.17) is 70.7 Å². The van der Waals surface area contributed by atoms with E-state index >= 15 is 0 Å². The number of amides is 2. The number of hydrogen-bond acceptors (Lipinski definition) is 10. The maximum absolute atomic E-state index is 12.7. The van der Waals surface area contributed by atoms with Crippen molar-refractivity contribution in [2.75, 3.05) is 27.3 Å². The van der Waals surface area contributed by atoms with Gasteiger partial charge in [0, 0.05) is 108 Å². The molecule has 0 unspecified atom stereocenters. The van der Waals surface area contributed by atoms with Crippen LogP contribution >= 0.6 is 126 Å². The summed E-state index contributed by atoms with van der Waals surface area (Å²) in [5.41, 5.74) is 30.8. The molecule has 1 aromatic heterocycles. The van der Waals surface area contributed by atoms with E-state index in [0.29, 0.717) is 81.4 Å². The number of nitrogens with two attached hydrogens (primary N) is 1. The first-order valence-corrected chi connectivity index (χ1v) is 47.1. The summed E-state index contributed by atoms with van der Waals surface area (Å²) in [5, 5.41) is 0.582. The van der Waals surface area contributed by atoms with Crippen LogP contribution in [0.2, 0.25) is 0 Å². The second-order valence-electron chi connectivity index (χ2n) is 27.5. The van der Waals surface area contributed by atoms with Gasteiger partial charge in [-0.05, 0) is 234 Å². The molecule has 3 heterocycles. The van der Waals surface area contributed by atoms with Crippen LogP contribution in [0.3, 0.4) is 0 Å². The Balaban J connectivity index is 0.000000287. The van der Waals surface area contributed by atoms with Gasteiger partial charge in [0.15, 0.2) is 0 Å². The first kappa shape index (κ1) is 102. The number of nitrogen functional groups attached to an aromatic ring is 1. The average molecular weight is 1910 g/mol. The number of ketones is 3. The molecule has 14 rings (SSSR count). The number of benzene rings is 9. The first-order valence-electron chi connectivity index (χ1n) is 37.3. The van der Waals surface area contributed by atoms with Crippen molar-refractivity contribution < 1.29 is 28.8 Å². The third-order valence-corrected chi connectivity index (χ3v) is 20.9.